The minimum Gasteiger partial charge on any atom is -0.495 e. The van der Waals surface area contributed by atoms with E-state index in [2.05, 4.69) is 10.2 Å². The highest BCUT2D eigenvalue weighted by molar-refractivity contribution is 5.56. The molecule has 1 saturated heterocycles. The maximum absolute atomic E-state index is 9.99. The first-order chi connectivity index (χ1) is 8.79. The average molecular weight is 250 g/mol. The summed E-state index contributed by atoms with van der Waals surface area (Å²) in [5.41, 5.74) is 0.931. The van der Waals surface area contributed by atoms with Gasteiger partial charge in [-0.3, -0.25) is 0 Å². The SMILES string of the molecule is COc1ccccc1NCC(O)CN1CCCC1. The van der Waals surface area contributed by atoms with Gasteiger partial charge in [0.1, 0.15) is 5.75 Å². The molecular weight excluding hydrogens is 228 g/mol. The van der Waals surface area contributed by atoms with E-state index < -0.39 is 0 Å². The summed E-state index contributed by atoms with van der Waals surface area (Å²) < 4.78 is 5.26. The predicted octanol–water partition coefficient (Wildman–Crippen LogP) is 1.56. The number of aliphatic hydroxyl groups is 1. The Hall–Kier alpha value is -1.26. The van der Waals surface area contributed by atoms with Crippen LogP contribution in [0.3, 0.4) is 0 Å². The van der Waals surface area contributed by atoms with Crippen LogP contribution in [0.25, 0.3) is 0 Å². The van der Waals surface area contributed by atoms with Gasteiger partial charge in [0.2, 0.25) is 0 Å². The third-order valence-electron chi connectivity index (χ3n) is 3.30. The van der Waals surface area contributed by atoms with Crippen LogP contribution in [0.4, 0.5) is 5.69 Å². The van der Waals surface area contributed by atoms with Crippen LogP contribution >= 0.6 is 0 Å². The number of para-hydroxylation sites is 2. The highest BCUT2D eigenvalue weighted by Gasteiger charge is 2.15. The third kappa shape index (κ3) is 3.62. The molecule has 0 aromatic heterocycles. The first-order valence-electron chi connectivity index (χ1n) is 6.57. The van der Waals surface area contributed by atoms with E-state index >= 15 is 0 Å². The lowest BCUT2D eigenvalue weighted by atomic mass is 10.2. The van der Waals surface area contributed by atoms with Crippen molar-refractivity contribution >= 4 is 5.69 Å². The van der Waals surface area contributed by atoms with Crippen molar-refractivity contribution in [2.24, 2.45) is 0 Å². The van der Waals surface area contributed by atoms with Gasteiger partial charge in [0.15, 0.2) is 0 Å². The number of nitrogens with zero attached hydrogens (tertiary/aromatic N) is 1. The lowest BCUT2D eigenvalue weighted by Crippen LogP contribution is -2.34. The summed E-state index contributed by atoms with van der Waals surface area (Å²) in [6, 6.07) is 7.76. The fourth-order valence-electron chi connectivity index (χ4n) is 2.35. The van der Waals surface area contributed by atoms with Gasteiger partial charge in [-0.1, -0.05) is 12.1 Å². The lowest BCUT2D eigenvalue weighted by molar-refractivity contribution is 0.135. The maximum Gasteiger partial charge on any atom is 0.141 e. The first-order valence-corrected chi connectivity index (χ1v) is 6.57. The second-order valence-corrected chi connectivity index (χ2v) is 4.74. The topological polar surface area (TPSA) is 44.7 Å². The van der Waals surface area contributed by atoms with Crippen LogP contribution in [0.5, 0.6) is 5.75 Å². The maximum atomic E-state index is 9.99. The molecule has 2 N–H and O–H groups in total. The van der Waals surface area contributed by atoms with Crippen LogP contribution < -0.4 is 10.1 Å². The number of ether oxygens (including phenoxy) is 1. The summed E-state index contributed by atoms with van der Waals surface area (Å²) >= 11 is 0. The summed E-state index contributed by atoms with van der Waals surface area (Å²) in [5.74, 6) is 0.811. The van der Waals surface area contributed by atoms with Gasteiger partial charge < -0.3 is 20.1 Å². The number of nitrogens with one attached hydrogen (secondary N) is 1. The zero-order chi connectivity index (χ0) is 12.8. The number of β-amino-alcohol motifs (C(OH)–C–C–N with tert-alkyl or cyclic N) is 1. The molecule has 4 nitrogen and oxygen atoms in total. The number of likely N-dealkylation sites (tertiary alicyclic amines) is 1. The number of hydrogen-bond donors (Lipinski definition) is 2. The van der Waals surface area contributed by atoms with Crippen molar-refractivity contribution in [3.63, 3.8) is 0 Å². The molecule has 4 heteroatoms. The van der Waals surface area contributed by atoms with Crippen molar-refractivity contribution in [2.75, 3.05) is 38.6 Å². The molecule has 18 heavy (non-hydrogen) atoms. The number of rotatable bonds is 6. The van der Waals surface area contributed by atoms with Crippen LogP contribution in [0.2, 0.25) is 0 Å². The standard InChI is InChI=1S/C14H22N2O2/c1-18-14-7-3-2-6-13(14)15-10-12(17)11-16-8-4-5-9-16/h2-3,6-7,12,15,17H,4-5,8-11H2,1H3. The highest BCUT2D eigenvalue weighted by atomic mass is 16.5. The largest absolute Gasteiger partial charge is 0.495 e. The number of anilines is 1. The fraction of sp³-hybridized carbons (Fsp3) is 0.571. The minimum absolute atomic E-state index is 0.340. The molecule has 0 saturated carbocycles. The molecule has 1 unspecified atom stereocenters. The summed E-state index contributed by atoms with van der Waals surface area (Å²) in [7, 11) is 1.65. The molecule has 1 aliphatic heterocycles. The summed E-state index contributed by atoms with van der Waals surface area (Å²) in [6.45, 7) is 3.54. The molecular formula is C14H22N2O2. The average Bonchev–Trinajstić information content (AvgIpc) is 2.89. The molecule has 1 atom stereocenters. The molecule has 1 aliphatic rings. The van der Waals surface area contributed by atoms with Crippen LogP contribution in [0, 0.1) is 0 Å². The third-order valence-corrected chi connectivity index (χ3v) is 3.30. The number of methoxy groups -OCH3 is 1. The van der Waals surface area contributed by atoms with E-state index in [0.29, 0.717) is 6.54 Å². The quantitative estimate of drug-likeness (QED) is 0.804. The van der Waals surface area contributed by atoms with Crippen molar-refractivity contribution < 1.29 is 9.84 Å². The Balaban J connectivity index is 1.79. The van der Waals surface area contributed by atoms with E-state index in [1.54, 1.807) is 7.11 Å². The van der Waals surface area contributed by atoms with Crippen molar-refractivity contribution in [3.05, 3.63) is 24.3 Å². The number of aliphatic hydroxyl groups excluding tert-OH is 1. The van der Waals surface area contributed by atoms with Gasteiger partial charge in [-0.15, -0.1) is 0 Å². The van der Waals surface area contributed by atoms with E-state index in [4.69, 9.17) is 4.74 Å². The summed E-state index contributed by atoms with van der Waals surface area (Å²) in [5, 5.41) is 13.2. The van der Waals surface area contributed by atoms with Gasteiger partial charge in [0, 0.05) is 13.1 Å². The second kappa shape index (κ2) is 6.61. The van der Waals surface area contributed by atoms with E-state index in [9.17, 15) is 5.11 Å². The minimum atomic E-state index is -0.340. The molecule has 0 spiro atoms. The van der Waals surface area contributed by atoms with Crippen LogP contribution in [0.15, 0.2) is 24.3 Å². The monoisotopic (exact) mass is 250 g/mol. The zero-order valence-corrected chi connectivity index (χ0v) is 10.9. The fourth-order valence-corrected chi connectivity index (χ4v) is 2.35. The van der Waals surface area contributed by atoms with Gasteiger partial charge in [-0.25, -0.2) is 0 Å². The molecule has 0 radical (unpaired) electrons. The van der Waals surface area contributed by atoms with Gasteiger partial charge in [0.25, 0.3) is 0 Å². The van der Waals surface area contributed by atoms with Gasteiger partial charge in [-0.05, 0) is 38.1 Å². The van der Waals surface area contributed by atoms with Crippen LogP contribution in [-0.4, -0.2) is 49.4 Å². The van der Waals surface area contributed by atoms with Crippen molar-refractivity contribution in [3.8, 4) is 5.75 Å². The highest BCUT2D eigenvalue weighted by Crippen LogP contribution is 2.22. The van der Waals surface area contributed by atoms with Crippen LogP contribution in [0.1, 0.15) is 12.8 Å². The van der Waals surface area contributed by atoms with E-state index in [0.717, 1.165) is 31.1 Å². The molecule has 2 rings (SSSR count). The Morgan fingerprint density at radius 1 is 1.33 bits per heavy atom. The molecule has 100 valence electrons. The van der Waals surface area contributed by atoms with Gasteiger partial charge >= 0.3 is 0 Å². The van der Waals surface area contributed by atoms with Crippen molar-refractivity contribution in [1.29, 1.82) is 0 Å². The summed E-state index contributed by atoms with van der Waals surface area (Å²) in [4.78, 5) is 2.31. The Kier molecular flexibility index (Phi) is 4.84. The Labute approximate surface area is 109 Å². The van der Waals surface area contributed by atoms with E-state index in [1.807, 2.05) is 24.3 Å². The molecule has 1 heterocycles. The second-order valence-electron chi connectivity index (χ2n) is 4.74. The predicted molar refractivity (Wildman–Crippen MR) is 73.2 cm³/mol. The Morgan fingerprint density at radius 2 is 2.06 bits per heavy atom. The van der Waals surface area contributed by atoms with Crippen LogP contribution in [-0.2, 0) is 0 Å². The molecule has 0 aliphatic carbocycles. The molecule has 1 fully saturated rings. The Morgan fingerprint density at radius 3 is 2.78 bits per heavy atom. The normalized spacial score (nSPS) is 17.7. The van der Waals surface area contributed by atoms with Crippen molar-refractivity contribution in [1.82, 2.24) is 4.90 Å². The number of benzene rings is 1. The molecule has 0 bridgehead atoms. The molecule has 1 aromatic carbocycles. The summed E-state index contributed by atoms with van der Waals surface area (Å²) in [6.07, 6.45) is 2.17. The first kappa shape index (κ1) is 13.2. The Bertz CT molecular complexity index is 365. The molecule has 1 aromatic rings. The zero-order valence-electron chi connectivity index (χ0n) is 10.9. The van der Waals surface area contributed by atoms with Gasteiger partial charge in [-0.2, -0.15) is 0 Å². The number of hydrogen-bond acceptors (Lipinski definition) is 4. The lowest BCUT2D eigenvalue weighted by Gasteiger charge is -2.20. The molecule has 0 amide bonds. The van der Waals surface area contributed by atoms with E-state index in [-0.39, 0.29) is 6.10 Å². The smallest absolute Gasteiger partial charge is 0.141 e. The van der Waals surface area contributed by atoms with Gasteiger partial charge in [0.05, 0.1) is 18.9 Å². The van der Waals surface area contributed by atoms with E-state index in [1.165, 1.54) is 12.8 Å². The van der Waals surface area contributed by atoms with Crippen molar-refractivity contribution in [2.45, 2.75) is 18.9 Å².